The fourth-order valence-corrected chi connectivity index (χ4v) is 9.69. The maximum absolute atomic E-state index is 4.97. The molecule has 0 radical (unpaired) electrons. The molecule has 11 rings (SSSR count). The number of para-hydroxylation sites is 3. The van der Waals surface area contributed by atoms with Gasteiger partial charge in [0.25, 0.3) is 0 Å². The van der Waals surface area contributed by atoms with Crippen LogP contribution in [0.25, 0.3) is 66.1 Å². The molecule has 0 atom stereocenters. The molecule has 7 aromatic carbocycles. The Kier molecular flexibility index (Phi) is 5.83. The lowest BCUT2D eigenvalue weighted by Crippen LogP contribution is -2.18. The average molecular weight is 656 g/mol. The van der Waals surface area contributed by atoms with E-state index in [0.29, 0.717) is 0 Å². The smallest absolute Gasteiger partial charge is 0.114 e. The van der Waals surface area contributed by atoms with Crippen LogP contribution in [0.4, 0.5) is 0 Å². The van der Waals surface area contributed by atoms with E-state index in [2.05, 4.69) is 163 Å². The summed E-state index contributed by atoms with van der Waals surface area (Å²) in [5.74, 6) is 1.08. The fourth-order valence-electron chi connectivity index (χ4n) is 9.69. The van der Waals surface area contributed by atoms with Crippen molar-refractivity contribution in [3.63, 3.8) is 0 Å². The summed E-state index contributed by atoms with van der Waals surface area (Å²) in [6, 6.07) is 49.7. The van der Waals surface area contributed by atoms with Gasteiger partial charge in [-0.2, -0.15) is 0 Å². The second-order valence-corrected chi connectivity index (χ2v) is 15.0. The van der Waals surface area contributed by atoms with E-state index in [-0.39, 0.29) is 5.41 Å². The van der Waals surface area contributed by atoms with Gasteiger partial charge in [0.05, 0.1) is 22.1 Å². The van der Waals surface area contributed by atoms with Gasteiger partial charge in [-0.1, -0.05) is 112 Å². The summed E-state index contributed by atoms with van der Waals surface area (Å²) >= 11 is 0. The molecule has 0 spiro atoms. The molecule has 0 amide bonds. The minimum absolute atomic E-state index is 0.166. The molecular weight excluding hydrogens is 619 g/mol. The molecular formula is C48H37N3. The van der Waals surface area contributed by atoms with Crippen LogP contribution in [0.5, 0.6) is 0 Å². The van der Waals surface area contributed by atoms with Gasteiger partial charge in [-0.3, -0.25) is 4.57 Å². The van der Waals surface area contributed by atoms with E-state index in [1.54, 1.807) is 0 Å². The lowest BCUT2D eigenvalue weighted by Gasteiger charge is -2.28. The highest BCUT2D eigenvalue weighted by Crippen LogP contribution is 2.57. The lowest BCUT2D eigenvalue weighted by molar-refractivity contribution is 0.663. The summed E-state index contributed by atoms with van der Waals surface area (Å²) in [6.45, 7) is 7.07. The van der Waals surface area contributed by atoms with Gasteiger partial charge < -0.3 is 4.57 Å². The maximum atomic E-state index is 4.97. The molecule has 3 heteroatoms. The van der Waals surface area contributed by atoms with Crippen LogP contribution in [0.2, 0.25) is 0 Å². The van der Waals surface area contributed by atoms with Crippen molar-refractivity contribution in [3.05, 3.63) is 173 Å². The SMILES string of the molecule is CCc1nc2ccccc2n1-c1ccc(-n2c3ccccc3c3c4c(c5c(c32)C(C)(C)c2ccccc2-5)Cc2cc3ccccc3cc2C4)cc1. The second-order valence-electron chi connectivity index (χ2n) is 15.0. The van der Waals surface area contributed by atoms with Gasteiger partial charge in [-0.15, -0.1) is 0 Å². The first-order chi connectivity index (χ1) is 25.0. The molecule has 3 nitrogen and oxygen atoms in total. The predicted molar refractivity (Wildman–Crippen MR) is 212 cm³/mol. The standard InChI is InChI=1S/C48H37N3/c1-4-43-49-40-18-10-12-20-42(40)50(43)33-21-23-34(24-22-33)51-41-19-11-8-16-36(41)45-38-28-32-26-30-14-6-5-13-29(30)25-31(32)27-37(38)44-35-15-7-9-17-39(35)48(2,3)46(44)47(45)51/h5-26H,4,27-28H2,1-3H3. The van der Waals surface area contributed by atoms with E-state index >= 15 is 0 Å². The van der Waals surface area contributed by atoms with Crippen molar-refractivity contribution in [1.29, 1.82) is 0 Å². The zero-order chi connectivity index (χ0) is 34.0. The number of benzene rings is 7. The molecule has 0 fully saturated rings. The summed E-state index contributed by atoms with van der Waals surface area (Å²) in [4.78, 5) is 4.97. The Morgan fingerprint density at radius 3 is 1.98 bits per heavy atom. The van der Waals surface area contributed by atoms with Crippen molar-refractivity contribution in [2.24, 2.45) is 0 Å². The molecule has 2 heterocycles. The number of nitrogens with zero attached hydrogens (tertiary/aromatic N) is 3. The third-order valence-electron chi connectivity index (χ3n) is 11.9. The van der Waals surface area contributed by atoms with E-state index in [0.717, 1.165) is 41.8 Å². The summed E-state index contributed by atoms with van der Waals surface area (Å²) in [7, 11) is 0. The van der Waals surface area contributed by atoms with Crippen molar-refractivity contribution >= 4 is 43.6 Å². The summed E-state index contributed by atoms with van der Waals surface area (Å²) < 4.78 is 4.89. The molecule has 51 heavy (non-hydrogen) atoms. The van der Waals surface area contributed by atoms with Gasteiger partial charge in [0, 0.05) is 34.0 Å². The Labute approximate surface area is 297 Å². The van der Waals surface area contributed by atoms with Crippen molar-refractivity contribution in [3.8, 4) is 22.5 Å². The first-order valence-corrected chi connectivity index (χ1v) is 18.3. The second kappa shape index (κ2) is 10.3. The van der Waals surface area contributed by atoms with Crippen LogP contribution in [0.15, 0.2) is 133 Å². The van der Waals surface area contributed by atoms with Gasteiger partial charge in [0.1, 0.15) is 5.82 Å². The molecule has 9 aromatic rings. The molecule has 244 valence electrons. The Morgan fingerprint density at radius 2 is 1.24 bits per heavy atom. The van der Waals surface area contributed by atoms with Crippen LogP contribution in [0.3, 0.4) is 0 Å². The first-order valence-electron chi connectivity index (χ1n) is 18.3. The Balaban J connectivity index is 1.22. The van der Waals surface area contributed by atoms with Crippen LogP contribution in [0, 0.1) is 0 Å². The quantitative estimate of drug-likeness (QED) is 0.186. The van der Waals surface area contributed by atoms with E-state index in [9.17, 15) is 0 Å². The zero-order valence-corrected chi connectivity index (χ0v) is 29.2. The van der Waals surface area contributed by atoms with Crippen molar-refractivity contribution < 1.29 is 0 Å². The Bertz CT molecular complexity index is 2920. The Hall–Kier alpha value is -5.93. The van der Waals surface area contributed by atoms with Gasteiger partial charge in [-0.25, -0.2) is 4.98 Å². The summed E-state index contributed by atoms with van der Waals surface area (Å²) in [5, 5.41) is 5.40. The number of hydrogen-bond acceptors (Lipinski definition) is 1. The van der Waals surface area contributed by atoms with E-state index in [1.165, 1.54) is 82.8 Å². The average Bonchev–Trinajstić information content (AvgIpc) is 3.79. The van der Waals surface area contributed by atoms with Crippen molar-refractivity contribution in [2.45, 2.75) is 45.4 Å². The highest BCUT2D eigenvalue weighted by Gasteiger charge is 2.42. The number of aromatic nitrogens is 3. The topological polar surface area (TPSA) is 22.8 Å². The largest absolute Gasteiger partial charge is 0.309 e. The van der Waals surface area contributed by atoms with Gasteiger partial charge in [-0.05, 0) is 111 Å². The van der Waals surface area contributed by atoms with E-state index in [1.807, 2.05) is 0 Å². The number of fused-ring (bicyclic) bond motifs is 13. The van der Waals surface area contributed by atoms with Gasteiger partial charge in [0.2, 0.25) is 0 Å². The molecule has 0 N–H and O–H groups in total. The molecule has 2 aromatic heterocycles. The Morgan fingerprint density at radius 1 is 0.627 bits per heavy atom. The fraction of sp³-hybridized carbons (Fsp3) is 0.146. The van der Waals surface area contributed by atoms with E-state index in [4.69, 9.17) is 4.98 Å². The predicted octanol–water partition coefficient (Wildman–Crippen LogP) is 11.6. The van der Waals surface area contributed by atoms with Crippen molar-refractivity contribution in [1.82, 2.24) is 14.1 Å². The summed E-state index contributed by atoms with van der Waals surface area (Å²) in [5.41, 5.74) is 18.6. The molecule has 2 aliphatic carbocycles. The van der Waals surface area contributed by atoms with E-state index < -0.39 is 0 Å². The molecule has 2 aliphatic rings. The number of hydrogen-bond donors (Lipinski definition) is 0. The third-order valence-corrected chi connectivity index (χ3v) is 11.9. The number of imidazole rings is 1. The van der Waals surface area contributed by atoms with Crippen LogP contribution in [-0.2, 0) is 24.7 Å². The number of rotatable bonds is 3. The van der Waals surface area contributed by atoms with Gasteiger partial charge in [0.15, 0.2) is 0 Å². The monoisotopic (exact) mass is 655 g/mol. The normalized spacial score (nSPS) is 14.3. The molecule has 0 unspecified atom stereocenters. The molecule has 0 saturated heterocycles. The molecule has 0 saturated carbocycles. The van der Waals surface area contributed by atoms with Crippen LogP contribution >= 0.6 is 0 Å². The van der Waals surface area contributed by atoms with Gasteiger partial charge >= 0.3 is 0 Å². The third kappa shape index (κ3) is 3.86. The summed E-state index contributed by atoms with van der Waals surface area (Å²) in [6.07, 6.45) is 2.75. The highest BCUT2D eigenvalue weighted by molar-refractivity contribution is 6.16. The molecule has 0 bridgehead atoms. The lowest BCUT2D eigenvalue weighted by atomic mass is 9.76. The zero-order valence-electron chi connectivity index (χ0n) is 29.2. The van der Waals surface area contributed by atoms with Crippen LogP contribution < -0.4 is 0 Å². The highest BCUT2D eigenvalue weighted by atomic mass is 15.1. The van der Waals surface area contributed by atoms with Crippen LogP contribution in [0.1, 0.15) is 60.0 Å². The minimum Gasteiger partial charge on any atom is -0.309 e. The number of aryl methyl sites for hydroxylation is 1. The van der Waals surface area contributed by atoms with Crippen LogP contribution in [-0.4, -0.2) is 14.1 Å². The first kappa shape index (κ1) is 28.9. The minimum atomic E-state index is -0.166. The maximum Gasteiger partial charge on any atom is 0.114 e. The van der Waals surface area contributed by atoms with Crippen molar-refractivity contribution in [2.75, 3.05) is 0 Å². The molecule has 0 aliphatic heterocycles.